The van der Waals surface area contributed by atoms with Crippen LogP contribution in [0.1, 0.15) is 6.42 Å². The second kappa shape index (κ2) is 5.32. The van der Waals surface area contributed by atoms with E-state index in [1.165, 1.54) is 6.07 Å². The predicted molar refractivity (Wildman–Crippen MR) is 58.4 cm³/mol. The number of hydrogen-bond acceptors (Lipinski definition) is 2. The molecular formula is C9H8BrClFNO2. The van der Waals surface area contributed by atoms with Crippen molar-refractivity contribution in [2.75, 3.05) is 6.61 Å². The van der Waals surface area contributed by atoms with Gasteiger partial charge < -0.3 is 10.5 Å². The molecule has 1 aromatic carbocycles. The summed E-state index contributed by atoms with van der Waals surface area (Å²) in [6.45, 7) is 0.106. The van der Waals surface area contributed by atoms with Crippen LogP contribution in [0.4, 0.5) is 4.39 Å². The number of carbonyl (C=O) groups is 1. The number of rotatable bonds is 4. The highest BCUT2D eigenvalue weighted by Gasteiger charge is 2.08. The van der Waals surface area contributed by atoms with Crippen LogP contribution in [0.3, 0.4) is 0 Å². The molecule has 0 aliphatic heterocycles. The molecule has 1 aromatic rings. The van der Waals surface area contributed by atoms with Gasteiger partial charge in [0, 0.05) is 6.07 Å². The average molecular weight is 297 g/mol. The van der Waals surface area contributed by atoms with E-state index in [0.717, 1.165) is 6.07 Å². The van der Waals surface area contributed by atoms with Crippen LogP contribution in [-0.4, -0.2) is 12.5 Å². The number of halogens is 3. The third-order valence-corrected chi connectivity index (χ3v) is 2.49. The molecule has 2 N–H and O–H groups in total. The number of benzene rings is 1. The van der Waals surface area contributed by atoms with Gasteiger partial charge in [-0.05, 0) is 22.0 Å². The Hall–Kier alpha value is -0.810. The Morgan fingerprint density at radius 3 is 2.87 bits per heavy atom. The number of nitrogens with two attached hydrogens (primary N) is 1. The van der Waals surface area contributed by atoms with E-state index >= 15 is 0 Å². The van der Waals surface area contributed by atoms with E-state index in [4.69, 9.17) is 22.1 Å². The van der Waals surface area contributed by atoms with Gasteiger partial charge in [0.25, 0.3) is 0 Å². The fraction of sp³-hybridized carbons (Fsp3) is 0.222. The predicted octanol–water partition coefficient (Wildman–Crippen LogP) is 2.50. The highest BCUT2D eigenvalue weighted by Crippen LogP contribution is 2.30. The van der Waals surface area contributed by atoms with Gasteiger partial charge >= 0.3 is 0 Å². The van der Waals surface area contributed by atoms with Crippen LogP contribution in [0.25, 0.3) is 0 Å². The lowest BCUT2D eigenvalue weighted by molar-refractivity contribution is -0.118. The standard InChI is InChI=1S/C9H8BrClFNO2/c10-5-3-6(11)7(12)4-8(5)15-2-1-9(13)14/h3-4H,1-2H2,(H2,13,14). The van der Waals surface area contributed by atoms with Gasteiger partial charge in [-0.1, -0.05) is 11.6 Å². The van der Waals surface area contributed by atoms with E-state index in [9.17, 15) is 9.18 Å². The van der Waals surface area contributed by atoms with Crippen molar-refractivity contribution in [3.63, 3.8) is 0 Å². The lowest BCUT2D eigenvalue weighted by atomic mass is 10.3. The van der Waals surface area contributed by atoms with Gasteiger partial charge in [0.2, 0.25) is 5.91 Å². The molecule has 15 heavy (non-hydrogen) atoms. The zero-order valence-corrected chi connectivity index (χ0v) is 9.94. The van der Waals surface area contributed by atoms with E-state index in [1.54, 1.807) is 0 Å². The molecule has 1 rings (SSSR count). The van der Waals surface area contributed by atoms with E-state index in [-0.39, 0.29) is 23.8 Å². The molecule has 0 fully saturated rings. The second-order valence-corrected chi connectivity index (χ2v) is 4.02. The Morgan fingerprint density at radius 1 is 1.60 bits per heavy atom. The lowest BCUT2D eigenvalue weighted by Gasteiger charge is -2.07. The Kier molecular flexibility index (Phi) is 4.35. The minimum Gasteiger partial charge on any atom is -0.492 e. The van der Waals surface area contributed by atoms with Crippen LogP contribution < -0.4 is 10.5 Å². The molecule has 3 nitrogen and oxygen atoms in total. The number of hydrogen-bond donors (Lipinski definition) is 1. The van der Waals surface area contributed by atoms with E-state index in [1.807, 2.05) is 0 Å². The van der Waals surface area contributed by atoms with Crippen molar-refractivity contribution in [3.8, 4) is 5.75 Å². The normalized spacial score (nSPS) is 10.1. The summed E-state index contributed by atoms with van der Waals surface area (Å²) in [5.74, 6) is -0.757. The molecule has 0 spiro atoms. The Labute approximate surface area is 99.5 Å². The van der Waals surface area contributed by atoms with Crippen LogP contribution in [-0.2, 0) is 4.79 Å². The van der Waals surface area contributed by atoms with E-state index < -0.39 is 11.7 Å². The lowest BCUT2D eigenvalue weighted by Crippen LogP contribution is -2.14. The molecule has 1 amide bonds. The molecular weight excluding hydrogens is 288 g/mol. The Morgan fingerprint density at radius 2 is 2.27 bits per heavy atom. The van der Waals surface area contributed by atoms with Crippen LogP contribution in [0.2, 0.25) is 5.02 Å². The molecule has 0 bridgehead atoms. The fourth-order valence-corrected chi connectivity index (χ4v) is 1.63. The summed E-state index contributed by atoms with van der Waals surface area (Å²) >= 11 is 8.69. The molecule has 0 atom stereocenters. The maximum Gasteiger partial charge on any atom is 0.220 e. The van der Waals surface area contributed by atoms with Crippen LogP contribution >= 0.6 is 27.5 Å². The van der Waals surface area contributed by atoms with Crippen LogP contribution in [0, 0.1) is 5.82 Å². The first-order valence-electron chi connectivity index (χ1n) is 4.06. The molecule has 0 heterocycles. The van der Waals surface area contributed by atoms with Crippen molar-refractivity contribution in [2.24, 2.45) is 5.73 Å². The summed E-state index contributed by atoms with van der Waals surface area (Å²) in [4.78, 5) is 10.4. The first-order valence-corrected chi connectivity index (χ1v) is 5.23. The van der Waals surface area contributed by atoms with Crippen molar-refractivity contribution >= 4 is 33.4 Å². The van der Waals surface area contributed by atoms with Gasteiger partial charge in [-0.3, -0.25) is 4.79 Å². The minimum atomic E-state index is -0.575. The van der Waals surface area contributed by atoms with Crippen molar-refractivity contribution < 1.29 is 13.9 Å². The molecule has 0 saturated heterocycles. The third kappa shape index (κ3) is 3.68. The van der Waals surface area contributed by atoms with Crippen LogP contribution in [0.5, 0.6) is 5.75 Å². The number of amides is 1. The molecule has 82 valence electrons. The summed E-state index contributed by atoms with van der Waals surface area (Å²) in [6.07, 6.45) is 0.0800. The molecule has 0 radical (unpaired) electrons. The van der Waals surface area contributed by atoms with E-state index in [2.05, 4.69) is 15.9 Å². The van der Waals surface area contributed by atoms with Gasteiger partial charge in [-0.25, -0.2) is 4.39 Å². The average Bonchev–Trinajstić information content (AvgIpc) is 2.13. The zero-order chi connectivity index (χ0) is 11.4. The van der Waals surface area contributed by atoms with E-state index in [0.29, 0.717) is 4.47 Å². The van der Waals surface area contributed by atoms with Crippen molar-refractivity contribution in [1.82, 2.24) is 0 Å². The maximum atomic E-state index is 13.0. The van der Waals surface area contributed by atoms with Crippen molar-refractivity contribution in [2.45, 2.75) is 6.42 Å². The van der Waals surface area contributed by atoms with Crippen molar-refractivity contribution in [1.29, 1.82) is 0 Å². The largest absolute Gasteiger partial charge is 0.492 e. The van der Waals surface area contributed by atoms with Gasteiger partial charge in [0.1, 0.15) is 11.6 Å². The molecule has 0 aliphatic carbocycles. The fourth-order valence-electron chi connectivity index (χ4n) is 0.877. The summed E-state index contributed by atoms with van der Waals surface area (Å²) in [7, 11) is 0. The Bertz CT molecular complexity index is 387. The SMILES string of the molecule is NC(=O)CCOc1cc(F)c(Cl)cc1Br. The smallest absolute Gasteiger partial charge is 0.220 e. The summed E-state index contributed by atoms with van der Waals surface area (Å²) in [5, 5.41) is 0.00382. The summed E-state index contributed by atoms with van der Waals surface area (Å²) < 4.78 is 18.7. The molecule has 0 aromatic heterocycles. The molecule has 0 aliphatic rings. The third-order valence-electron chi connectivity index (χ3n) is 1.58. The summed E-state index contributed by atoms with van der Waals surface area (Å²) in [5.41, 5.74) is 4.92. The van der Waals surface area contributed by atoms with Gasteiger partial charge in [0.15, 0.2) is 0 Å². The highest BCUT2D eigenvalue weighted by molar-refractivity contribution is 9.10. The first kappa shape index (κ1) is 12.3. The Balaban J connectivity index is 2.69. The monoisotopic (exact) mass is 295 g/mol. The van der Waals surface area contributed by atoms with Crippen LogP contribution in [0.15, 0.2) is 16.6 Å². The van der Waals surface area contributed by atoms with Gasteiger partial charge in [0.05, 0.1) is 22.5 Å². The molecule has 0 unspecified atom stereocenters. The van der Waals surface area contributed by atoms with Gasteiger partial charge in [-0.2, -0.15) is 0 Å². The topological polar surface area (TPSA) is 52.3 Å². The maximum absolute atomic E-state index is 13.0. The first-order chi connectivity index (χ1) is 7.00. The number of primary amides is 1. The highest BCUT2D eigenvalue weighted by atomic mass is 79.9. The second-order valence-electron chi connectivity index (χ2n) is 2.76. The molecule has 6 heteroatoms. The zero-order valence-electron chi connectivity index (χ0n) is 7.60. The van der Waals surface area contributed by atoms with Gasteiger partial charge in [-0.15, -0.1) is 0 Å². The van der Waals surface area contributed by atoms with Crippen molar-refractivity contribution in [3.05, 3.63) is 27.4 Å². The minimum absolute atomic E-state index is 0.00382. The quantitative estimate of drug-likeness (QED) is 0.868. The number of ether oxygens (including phenoxy) is 1. The number of carbonyl (C=O) groups excluding carboxylic acids is 1. The molecule has 0 saturated carbocycles. The summed E-state index contributed by atoms with van der Waals surface area (Å²) in [6, 6.07) is 2.53.